The maximum absolute atomic E-state index is 10.1. The van der Waals surface area contributed by atoms with Crippen LogP contribution in [0, 0.1) is 0 Å². The fourth-order valence-electron chi connectivity index (χ4n) is 0.716. The van der Waals surface area contributed by atoms with Gasteiger partial charge in [-0.15, -0.1) is 0 Å². The molecule has 0 radical (unpaired) electrons. The van der Waals surface area contributed by atoms with Crippen LogP contribution in [0.2, 0.25) is 0 Å². The smallest absolute Gasteiger partial charge is 0.303 e. The topological polar surface area (TPSA) is 66.8 Å². The normalized spacial score (nSPS) is 12.8. The molecule has 0 spiro atoms. The second kappa shape index (κ2) is 7.06. The van der Waals surface area contributed by atoms with Crippen molar-refractivity contribution in [3.63, 3.8) is 0 Å². The number of aliphatic hydroxyl groups excluding tert-OH is 1. The average molecular weight is 176 g/mol. The SMILES string of the molecule is CC(CO)OCCCCC(=O)O. The van der Waals surface area contributed by atoms with E-state index < -0.39 is 5.97 Å². The predicted octanol–water partition coefficient (Wildman–Crippen LogP) is 0.639. The van der Waals surface area contributed by atoms with Gasteiger partial charge in [-0.3, -0.25) is 4.79 Å². The van der Waals surface area contributed by atoms with Crippen molar-refractivity contribution in [3.8, 4) is 0 Å². The Hall–Kier alpha value is -0.610. The van der Waals surface area contributed by atoms with Gasteiger partial charge < -0.3 is 14.9 Å². The minimum Gasteiger partial charge on any atom is -0.481 e. The van der Waals surface area contributed by atoms with Crippen LogP contribution >= 0.6 is 0 Å². The molecule has 0 aliphatic heterocycles. The molecule has 0 fully saturated rings. The van der Waals surface area contributed by atoms with Crippen molar-refractivity contribution >= 4 is 5.97 Å². The third kappa shape index (κ3) is 7.50. The van der Waals surface area contributed by atoms with E-state index in [0.29, 0.717) is 13.0 Å². The molecule has 1 unspecified atom stereocenters. The number of carboxylic acids is 1. The Balaban J connectivity index is 3.05. The molecule has 0 aromatic carbocycles. The molecule has 0 rings (SSSR count). The molecule has 4 nitrogen and oxygen atoms in total. The monoisotopic (exact) mass is 176 g/mol. The van der Waals surface area contributed by atoms with E-state index in [1.807, 2.05) is 0 Å². The first kappa shape index (κ1) is 11.4. The molecule has 0 amide bonds. The van der Waals surface area contributed by atoms with E-state index in [9.17, 15) is 4.79 Å². The minimum atomic E-state index is -0.773. The fourth-order valence-corrected chi connectivity index (χ4v) is 0.716. The Morgan fingerprint density at radius 1 is 1.50 bits per heavy atom. The lowest BCUT2D eigenvalue weighted by Crippen LogP contribution is -2.13. The van der Waals surface area contributed by atoms with Gasteiger partial charge >= 0.3 is 5.97 Å². The van der Waals surface area contributed by atoms with E-state index in [0.717, 1.165) is 6.42 Å². The van der Waals surface area contributed by atoms with Crippen LogP contribution in [0.5, 0.6) is 0 Å². The number of unbranched alkanes of at least 4 members (excludes halogenated alkanes) is 1. The van der Waals surface area contributed by atoms with Crippen LogP contribution in [0.15, 0.2) is 0 Å². The number of ether oxygens (including phenoxy) is 1. The Labute approximate surface area is 72.2 Å². The van der Waals surface area contributed by atoms with Crippen LogP contribution in [0.1, 0.15) is 26.2 Å². The second-order valence-corrected chi connectivity index (χ2v) is 2.71. The molecule has 2 N–H and O–H groups in total. The maximum Gasteiger partial charge on any atom is 0.303 e. The number of rotatable bonds is 7. The van der Waals surface area contributed by atoms with Crippen molar-refractivity contribution in [1.29, 1.82) is 0 Å². The Morgan fingerprint density at radius 3 is 2.67 bits per heavy atom. The van der Waals surface area contributed by atoms with Crippen LogP contribution in [0.4, 0.5) is 0 Å². The summed E-state index contributed by atoms with van der Waals surface area (Å²) in [7, 11) is 0. The Bertz CT molecular complexity index is 124. The van der Waals surface area contributed by atoms with Crippen molar-refractivity contribution in [1.82, 2.24) is 0 Å². The summed E-state index contributed by atoms with van der Waals surface area (Å²) >= 11 is 0. The van der Waals surface area contributed by atoms with E-state index >= 15 is 0 Å². The summed E-state index contributed by atoms with van der Waals surface area (Å²) in [6.45, 7) is 2.31. The standard InChI is InChI=1S/C8H16O4/c1-7(6-9)12-5-3-2-4-8(10)11/h7,9H,2-6H2,1H3,(H,10,11). The zero-order valence-electron chi connectivity index (χ0n) is 7.32. The third-order valence-corrected chi connectivity index (χ3v) is 1.44. The first-order valence-electron chi connectivity index (χ1n) is 4.11. The van der Waals surface area contributed by atoms with Gasteiger partial charge in [0.2, 0.25) is 0 Å². The molecule has 0 saturated heterocycles. The highest BCUT2D eigenvalue weighted by Gasteiger charge is 1.99. The lowest BCUT2D eigenvalue weighted by molar-refractivity contribution is -0.137. The fraction of sp³-hybridized carbons (Fsp3) is 0.875. The van der Waals surface area contributed by atoms with E-state index in [-0.39, 0.29) is 19.1 Å². The summed E-state index contributed by atoms with van der Waals surface area (Å²) in [5.74, 6) is -0.773. The lowest BCUT2D eigenvalue weighted by atomic mass is 10.2. The van der Waals surface area contributed by atoms with Crippen LogP contribution in [-0.2, 0) is 9.53 Å². The Morgan fingerprint density at radius 2 is 2.17 bits per heavy atom. The van der Waals surface area contributed by atoms with Gasteiger partial charge in [0.15, 0.2) is 0 Å². The van der Waals surface area contributed by atoms with Gasteiger partial charge in [-0.05, 0) is 19.8 Å². The van der Waals surface area contributed by atoms with E-state index in [2.05, 4.69) is 0 Å². The van der Waals surface area contributed by atoms with Crippen LogP contribution in [0.3, 0.4) is 0 Å². The van der Waals surface area contributed by atoms with E-state index in [4.69, 9.17) is 14.9 Å². The summed E-state index contributed by atoms with van der Waals surface area (Å²) in [6, 6.07) is 0. The third-order valence-electron chi connectivity index (χ3n) is 1.44. The van der Waals surface area contributed by atoms with Gasteiger partial charge in [-0.25, -0.2) is 0 Å². The highest BCUT2D eigenvalue weighted by Crippen LogP contribution is 1.97. The van der Waals surface area contributed by atoms with Gasteiger partial charge in [0.05, 0.1) is 12.7 Å². The molecule has 0 heterocycles. The molecular formula is C8H16O4. The maximum atomic E-state index is 10.1. The molecule has 0 aliphatic carbocycles. The molecular weight excluding hydrogens is 160 g/mol. The van der Waals surface area contributed by atoms with Gasteiger partial charge in [0.1, 0.15) is 0 Å². The van der Waals surface area contributed by atoms with Crippen LogP contribution < -0.4 is 0 Å². The van der Waals surface area contributed by atoms with Crippen molar-refractivity contribution in [2.45, 2.75) is 32.3 Å². The summed E-state index contributed by atoms with van der Waals surface area (Å²) in [5.41, 5.74) is 0. The molecule has 0 aromatic rings. The molecule has 0 aromatic heterocycles. The number of carboxylic acid groups (broad SMARTS) is 1. The first-order valence-corrected chi connectivity index (χ1v) is 4.11. The molecule has 72 valence electrons. The molecule has 4 heteroatoms. The number of aliphatic carboxylic acids is 1. The van der Waals surface area contributed by atoms with Crippen molar-refractivity contribution in [3.05, 3.63) is 0 Å². The number of hydrogen-bond donors (Lipinski definition) is 2. The van der Waals surface area contributed by atoms with E-state index in [1.54, 1.807) is 6.92 Å². The average Bonchev–Trinajstić information content (AvgIpc) is 2.03. The van der Waals surface area contributed by atoms with Crippen LogP contribution in [-0.4, -0.2) is 35.5 Å². The molecule has 0 saturated carbocycles. The molecule has 0 aliphatic rings. The summed E-state index contributed by atoms with van der Waals surface area (Å²) in [5, 5.41) is 16.8. The van der Waals surface area contributed by atoms with Crippen molar-refractivity contribution < 1.29 is 19.7 Å². The molecule has 0 bridgehead atoms. The lowest BCUT2D eigenvalue weighted by Gasteiger charge is -2.08. The van der Waals surface area contributed by atoms with Gasteiger partial charge in [0, 0.05) is 13.0 Å². The van der Waals surface area contributed by atoms with Gasteiger partial charge in [0.25, 0.3) is 0 Å². The summed E-state index contributed by atoms with van der Waals surface area (Å²) in [4.78, 5) is 10.1. The van der Waals surface area contributed by atoms with Gasteiger partial charge in [-0.2, -0.15) is 0 Å². The van der Waals surface area contributed by atoms with Gasteiger partial charge in [-0.1, -0.05) is 0 Å². The van der Waals surface area contributed by atoms with Crippen molar-refractivity contribution in [2.75, 3.05) is 13.2 Å². The second-order valence-electron chi connectivity index (χ2n) is 2.71. The zero-order valence-corrected chi connectivity index (χ0v) is 7.32. The molecule has 1 atom stereocenters. The Kier molecular flexibility index (Phi) is 6.70. The summed E-state index contributed by atoms with van der Waals surface area (Å²) in [6.07, 6.45) is 1.41. The quantitative estimate of drug-likeness (QED) is 0.558. The number of carbonyl (C=O) groups is 1. The zero-order chi connectivity index (χ0) is 9.40. The highest BCUT2D eigenvalue weighted by molar-refractivity contribution is 5.66. The van der Waals surface area contributed by atoms with E-state index in [1.165, 1.54) is 0 Å². The van der Waals surface area contributed by atoms with Crippen LogP contribution in [0.25, 0.3) is 0 Å². The molecule has 12 heavy (non-hydrogen) atoms. The van der Waals surface area contributed by atoms with Crippen molar-refractivity contribution in [2.24, 2.45) is 0 Å². The predicted molar refractivity (Wildman–Crippen MR) is 44.0 cm³/mol. The highest BCUT2D eigenvalue weighted by atomic mass is 16.5. The largest absolute Gasteiger partial charge is 0.481 e. The number of aliphatic hydroxyl groups is 1. The summed E-state index contributed by atoms with van der Waals surface area (Å²) < 4.78 is 5.13. The first-order chi connectivity index (χ1) is 5.66. The minimum absolute atomic E-state index is 0.0128. The number of hydrogen-bond acceptors (Lipinski definition) is 3.